The summed E-state index contributed by atoms with van der Waals surface area (Å²) in [4.78, 5) is 39.1. The third kappa shape index (κ3) is 9.40. The monoisotopic (exact) mass is 686 g/mol. The Labute approximate surface area is 285 Å². The molecule has 2 aromatic rings. The second kappa shape index (κ2) is 15.6. The SMILES string of the molecule is C[C@H](CO)NC(=O)[C@H]1CCC[C@H]1Nc1nc(Nc2ccc(C(=O)NC3CCC(N4CCN(CC5CC5)CC4)CC3)cc2)ncc1C(F)(F)F. The number of alkyl halides is 3. The first kappa shape index (κ1) is 35.3. The number of piperazine rings is 1. The number of anilines is 3. The number of hydrogen-bond acceptors (Lipinski definition) is 9. The highest BCUT2D eigenvalue weighted by molar-refractivity contribution is 5.94. The summed E-state index contributed by atoms with van der Waals surface area (Å²) < 4.78 is 41.7. The van der Waals surface area contributed by atoms with Gasteiger partial charge in [0.2, 0.25) is 11.9 Å². The number of hydrogen-bond donors (Lipinski definition) is 5. The van der Waals surface area contributed by atoms with Crippen LogP contribution in [0.3, 0.4) is 0 Å². The number of aliphatic hydroxyl groups excluding tert-OH is 1. The van der Waals surface area contributed by atoms with Crippen LogP contribution in [0.2, 0.25) is 0 Å². The van der Waals surface area contributed by atoms with Gasteiger partial charge in [0.05, 0.1) is 12.5 Å². The highest BCUT2D eigenvalue weighted by Crippen LogP contribution is 2.37. The second-order valence-electron chi connectivity index (χ2n) is 14.3. The lowest BCUT2D eigenvalue weighted by atomic mass is 9.89. The maximum atomic E-state index is 13.9. The average Bonchev–Trinajstić information content (AvgIpc) is 3.78. The molecule has 3 saturated carbocycles. The lowest BCUT2D eigenvalue weighted by Gasteiger charge is -2.42. The van der Waals surface area contributed by atoms with Crippen molar-refractivity contribution in [2.75, 3.05) is 50.0 Å². The standard InChI is InChI=1S/C35H49F3N8O3/c1-22(21-47)40-33(49)28-3-2-4-30(28)43-31-29(35(36,37)38)19-39-34(44-31)42-26-9-7-24(8-10-26)32(48)41-25-11-13-27(14-12-25)46-17-15-45(16-18-46)20-23-5-6-23/h7-10,19,22-23,25,27-28,30,47H,2-6,11-18,20-21H2,1H3,(H,40,49)(H,41,48)(H2,39,42,43,44)/t22-,25?,27?,28+,30-/m1/s1. The fourth-order valence-corrected chi connectivity index (χ4v) is 7.44. The van der Waals surface area contributed by atoms with Gasteiger partial charge in [0.15, 0.2) is 0 Å². The lowest BCUT2D eigenvalue weighted by Crippen LogP contribution is -2.52. The molecular formula is C35H49F3N8O3. The molecule has 14 heteroatoms. The van der Waals surface area contributed by atoms with Crippen LogP contribution >= 0.6 is 0 Å². The normalized spacial score (nSPS) is 25.8. The number of halogens is 3. The molecule has 0 bridgehead atoms. The second-order valence-corrected chi connectivity index (χ2v) is 14.3. The number of amides is 2. The summed E-state index contributed by atoms with van der Waals surface area (Å²) in [6.45, 7) is 7.27. The molecule has 3 atom stereocenters. The van der Waals surface area contributed by atoms with Gasteiger partial charge in [-0.25, -0.2) is 4.98 Å². The fraction of sp³-hybridized carbons (Fsp3) is 0.657. The molecule has 11 nitrogen and oxygen atoms in total. The van der Waals surface area contributed by atoms with Gasteiger partial charge < -0.3 is 31.3 Å². The van der Waals surface area contributed by atoms with E-state index >= 15 is 0 Å². The summed E-state index contributed by atoms with van der Waals surface area (Å²) in [6.07, 6.45) is 4.55. The maximum absolute atomic E-state index is 13.9. The van der Waals surface area contributed by atoms with E-state index in [2.05, 4.69) is 41.0 Å². The Morgan fingerprint density at radius 1 is 0.980 bits per heavy atom. The molecule has 268 valence electrons. The number of nitrogens with zero attached hydrogens (tertiary/aromatic N) is 4. The van der Waals surface area contributed by atoms with Crippen molar-refractivity contribution >= 4 is 29.3 Å². The molecule has 2 heterocycles. The fourth-order valence-electron chi connectivity index (χ4n) is 7.44. The number of rotatable bonds is 12. The Bertz CT molecular complexity index is 1420. The van der Waals surface area contributed by atoms with Crippen LogP contribution in [-0.4, -0.2) is 100 Å². The van der Waals surface area contributed by atoms with E-state index in [9.17, 15) is 27.9 Å². The van der Waals surface area contributed by atoms with Crippen LogP contribution < -0.4 is 21.3 Å². The molecule has 49 heavy (non-hydrogen) atoms. The topological polar surface area (TPSA) is 135 Å². The molecule has 1 aromatic heterocycles. The Morgan fingerprint density at radius 2 is 1.69 bits per heavy atom. The summed E-state index contributed by atoms with van der Waals surface area (Å²) in [7, 11) is 0. The average molecular weight is 687 g/mol. The molecule has 5 N–H and O–H groups in total. The van der Waals surface area contributed by atoms with Gasteiger partial charge >= 0.3 is 6.18 Å². The first-order chi connectivity index (χ1) is 23.6. The Morgan fingerprint density at radius 3 is 2.35 bits per heavy atom. The molecule has 0 spiro atoms. The zero-order valence-corrected chi connectivity index (χ0v) is 28.1. The summed E-state index contributed by atoms with van der Waals surface area (Å²) >= 11 is 0. The van der Waals surface area contributed by atoms with Crippen LogP contribution in [0.15, 0.2) is 30.5 Å². The van der Waals surface area contributed by atoms with Gasteiger partial charge in [-0.05, 0) is 88.5 Å². The van der Waals surface area contributed by atoms with Crippen molar-refractivity contribution in [1.82, 2.24) is 30.4 Å². The maximum Gasteiger partial charge on any atom is 0.421 e. The zero-order chi connectivity index (χ0) is 34.5. The van der Waals surface area contributed by atoms with E-state index in [1.807, 2.05) is 0 Å². The molecule has 0 unspecified atom stereocenters. The number of carbonyl (C=O) groups is 2. The molecule has 3 aliphatic carbocycles. The van der Waals surface area contributed by atoms with Crippen molar-refractivity contribution in [3.63, 3.8) is 0 Å². The molecule has 2 amide bonds. The highest BCUT2D eigenvalue weighted by Gasteiger charge is 2.39. The van der Waals surface area contributed by atoms with Crippen molar-refractivity contribution in [1.29, 1.82) is 0 Å². The van der Waals surface area contributed by atoms with Crippen LogP contribution in [0, 0.1) is 11.8 Å². The van der Waals surface area contributed by atoms with Gasteiger partial charge in [-0.15, -0.1) is 0 Å². The van der Waals surface area contributed by atoms with Crippen LogP contribution in [-0.2, 0) is 11.0 Å². The number of nitrogens with one attached hydrogen (secondary N) is 4. The first-order valence-electron chi connectivity index (χ1n) is 17.8. The molecule has 0 radical (unpaired) electrons. The van der Waals surface area contributed by atoms with E-state index in [1.54, 1.807) is 31.2 Å². The Kier molecular flexibility index (Phi) is 11.2. The third-order valence-corrected chi connectivity index (χ3v) is 10.5. The van der Waals surface area contributed by atoms with E-state index in [0.29, 0.717) is 36.6 Å². The summed E-state index contributed by atoms with van der Waals surface area (Å²) in [5, 5.41) is 21.0. The molecule has 4 fully saturated rings. The minimum atomic E-state index is -4.71. The summed E-state index contributed by atoms with van der Waals surface area (Å²) in [6, 6.07) is 6.38. The molecule has 4 aliphatic rings. The van der Waals surface area contributed by atoms with Gasteiger partial charge in [-0.3, -0.25) is 14.5 Å². The van der Waals surface area contributed by atoms with Crippen molar-refractivity contribution in [3.05, 3.63) is 41.6 Å². The Balaban J connectivity index is 1.01. The van der Waals surface area contributed by atoms with Crippen LogP contribution in [0.25, 0.3) is 0 Å². The molecule has 6 rings (SSSR count). The van der Waals surface area contributed by atoms with Crippen molar-refractivity contribution < 1.29 is 27.9 Å². The van der Waals surface area contributed by atoms with Crippen molar-refractivity contribution in [2.24, 2.45) is 11.8 Å². The van der Waals surface area contributed by atoms with E-state index in [4.69, 9.17) is 0 Å². The number of aromatic nitrogens is 2. The Hall–Kier alpha value is -3.49. The summed E-state index contributed by atoms with van der Waals surface area (Å²) in [5.74, 6) is -0.560. The molecule has 1 aromatic carbocycles. The predicted molar refractivity (Wildman–Crippen MR) is 180 cm³/mol. The van der Waals surface area contributed by atoms with E-state index in [-0.39, 0.29) is 30.4 Å². The van der Waals surface area contributed by atoms with Crippen LogP contribution in [0.4, 0.5) is 30.6 Å². The number of benzene rings is 1. The minimum absolute atomic E-state index is 0.0540. The van der Waals surface area contributed by atoms with Crippen molar-refractivity contribution in [2.45, 2.75) is 95.1 Å². The highest BCUT2D eigenvalue weighted by atomic mass is 19.4. The lowest BCUT2D eigenvalue weighted by molar-refractivity contribution is -0.137. The first-order valence-corrected chi connectivity index (χ1v) is 17.8. The summed E-state index contributed by atoms with van der Waals surface area (Å²) in [5.41, 5.74) is -0.0207. The van der Waals surface area contributed by atoms with E-state index in [0.717, 1.165) is 64.0 Å². The van der Waals surface area contributed by atoms with Gasteiger partial charge in [0.25, 0.3) is 5.91 Å². The molecule has 1 saturated heterocycles. The van der Waals surface area contributed by atoms with E-state index < -0.39 is 35.6 Å². The van der Waals surface area contributed by atoms with Gasteiger partial charge in [-0.2, -0.15) is 18.2 Å². The van der Waals surface area contributed by atoms with Crippen LogP contribution in [0.5, 0.6) is 0 Å². The number of carbonyl (C=O) groups excluding carboxylic acids is 2. The predicted octanol–water partition coefficient (Wildman–Crippen LogP) is 4.39. The smallest absolute Gasteiger partial charge is 0.394 e. The van der Waals surface area contributed by atoms with Gasteiger partial charge in [0.1, 0.15) is 11.4 Å². The zero-order valence-electron chi connectivity index (χ0n) is 28.1. The number of aliphatic hydroxyl groups is 1. The van der Waals surface area contributed by atoms with Gasteiger partial charge in [0, 0.05) is 74.3 Å². The molecular weight excluding hydrogens is 637 g/mol. The van der Waals surface area contributed by atoms with E-state index in [1.165, 1.54) is 19.4 Å². The molecule has 1 aliphatic heterocycles. The van der Waals surface area contributed by atoms with Crippen LogP contribution in [0.1, 0.15) is 80.6 Å². The third-order valence-electron chi connectivity index (χ3n) is 10.5. The minimum Gasteiger partial charge on any atom is -0.394 e. The quantitative estimate of drug-likeness (QED) is 0.221. The largest absolute Gasteiger partial charge is 0.421 e. The van der Waals surface area contributed by atoms with Crippen molar-refractivity contribution in [3.8, 4) is 0 Å². The van der Waals surface area contributed by atoms with Gasteiger partial charge in [-0.1, -0.05) is 6.42 Å².